The normalized spacial score (nSPS) is 13.1. The second-order valence-corrected chi connectivity index (χ2v) is 6.72. The number of nitrogens with zero attached hydrogens (tertiary/aromatic N) is 3. The van der Waals surface area contributed by atoms with Gasteiger partial charge >= 0.3 is 0 Å². The zero-order chi connectivity index (χ0) is 14.5. The summed E-state index contributed by atoms with van der Waals surface area (Å²) in [6.07, 6.45) is 2.87. The first kappa shape index (κ1) is 15.7. The Morgan fingerprint density at radius 1 is 1.50 bits per heavy atom. The van der Waals surface area contributed by atoms with Gasteiger partial charge in [0.2, 0.25) is 0 Å². The summed E-state index contributed by atoms with van der Waals surface area (Å²) in [6.45, 7) is 1.88. The Hall–Kier alpha value is -0.690. The van der Waals surface area contributed by atoms with Gasteiger partial charge in [-0.25, -0.2) is 0 Å². The molecule has 1 N–H and O–H groups in total. The second-order valence-electron chi connectivity index (χ2n) is 5.08. The molecule has 0 aromatic carbocycles. The van der Waals surface area contributed by atoms with Crippen LogP contribution < -0.4 is 5.32 Å². The molecule has 20 heavy (non-hydrogen) atoms. The van der Waals surface area contributed by atoms with E-state index in [2.05, 4.69) is 66.8 Å². The molecular weight excluding hydrogens is 336 g/mol. The highest BCUT2D eigenvalue weighted by atomic mass is 79.9. The number of aromatic nitrogens is 2. The van der Waals surface area contributed by atoms with Gasteiger partial charge in [-0.2, -0.15) is 16.4 Å². The molecule has 0 aliphatic rings. The fourth-order valence-electron chi connectivity index (χ4n) is 2.17. The van der Waals surface area contributed by atoms with Gasteiger partial charge in [0.1, 0.15) is 0 Å². The minimum absolute atomic E-state index is 0.267. The van der Waals surface area contributed by atoms with Gasteiger partial charge in [0.05, 0.1) is 29.0 Å². The molecule has 0 radical (unpaired) electrons. The minimum atomic E-state index is 0.267. The quantitative estimate of drug-likeness (QED) is 0.827. The highest BCUT2D eigenvalue weighted by Gasteiger charge is 2.19. The minimum Gasteiger partial charge on any atom is -0.311 e. The number of rotatable bonds is 7. The maximum Gasteiger partial charge on any atom is 0.0699 e. The topological polar surface area (TPSA) is 33.1 Å². The summed E-state index contributed by atoms with van der Waals surface area (Å²) < 4.78 is 3.17. The monoisotopic (exact) mass is 356 g/mol. The molecule has 0 aliphatic heterocycles. The molecule has 0 fully saturated rings. The third-order valence-corrected chi connectivity index (χ3v) is 4.63. The predicted octanol–water partition coefficient (Wildman–Crippen LogP) is 2.77. The highest BCUT2D eigenvalue weighted by molar-refractivity contribution is 9.10. The molecule has 2 aromatic rings. The largest absolute Gasteiger partial charge is 0.311 e. The van der Waals surface area contributed by atoms with Crippen LogP contribution in [0, 0.1) is 0 Å². The fourth-order valence-corrected chi connectivity index (χ4v) is 3.43. The van der Waals surface area contributed by atoms with Gasteiger partial charge in [0.25, 0.3) is 0 Å². The smallest absolute Gasteiger partial charge is 0.0699 e. The van der Waals surface area contributed by atoms with E-state index in [-0.39, 0.29) is 6.04 Å². The summed E-state index contributed by atoms with van der Waals surface area (Å²) in [5.41, 5.74) is 2.59. The van der Waals surface area contributed by atoms with E-state index in [1.165, 1.54) is 11.3 Å². The van der Waals surface area contributed by atoms with Crippen molar-refractivity contribution in [2.75, 3.05) is 27.7 Å². The molecule has 1 atom stereocenters. The molecule has 0 amide bonds. The third kappa shape index (κ3) is 3.91. The number of halogens is 1. The maximum absolute atomic E-state index is 4.49. The Morgan fingerprint density at radius 2 is 2.30 bits per heavy atom. The molecule has 0 spiro atoms. The van der Waals surface area contributed by atoms with Crippen LogP contribution in [0.3, 0.4) is 0 Å². The van der Waals surface area contributed by atoms with Crippen LogP contribution in [-0.4, -0.2) is 42.4 Å². The van der Waals surface area contributed by atoms with Crippen LogP contribution in [0.15, 0.2) is 27.5 Å². The summed E-state index contributed by atoms with van der Waals surface area (Å²) >= 11 is 5.38. The number of hydrogen-bond acceptors (Lipinski definition) is 4. The molecule has 1 unspecified atom stereocenters. The van der Waals surface area contributed by atoms with Gasteiger partial charge in [-0.15, -0.1) is 0 Å². The zero-order valence-corrected chi connectivity index (χ0v) is 14.5. The number of hydrogen-bond donors (Lipinski definition) is 1. The van der Waals surface area contributed by atoms with E-state index in [9.17, 15) is 0 Å². The van der Waals surface area contributed by atoms with E-state index in [0.717, 1.165) is 24.0 Å². The molecule has 4 nitrogen and oxygen atoms in total. The summed E-state index contributed by atoms with van der Waals surface area (Å²) in [5.74, 6) is 0. The second kappa shape index (κ2) is 7.36. The Labute approximate surface area is 132 Å². The van der Waals surface area contributed by atoms with Gasteiger partial charge in [0, 0.05) is 6.54 Å². The SMILES string of the molecule is CNC(Cc1ccsc1)c1c(Br)cnn1CCN(C)C. The van der Waals surface area contributed by atoms with Crippen molar-refractivity contribution < 1.29 is 0 Å². The lowest BCUT2D eigenvalue weighted by atomic mass is 10.1. The summed E-state index contributed by atoms with van der Waals surface area (Å²) in [7, 11) is 6.17. The first-order valence-corrected chi connectivity index (χ1v) is 8.39. The van der Waals surface area contributed by atoms with Crippen molar-refractivity contribution in [3.63, 3.8) is 0 Å². The molecule has 0 aliphatic carbocycles. The van der Waals surface area contributed by atoms with Crippen molar-refractivity contribution in [2.45, 2.75) is 19.0 Å². The van der Waals surface area contributed by atoms with Gasteiger partial charge in [-0.05, 0) is 65.9 Å². The van der Waals surface area contributed by atoms with Crippen molar-refractivity contribution in [1.82, 2.24) is 20.0 Å². The van der Waals surface area contributed by atoms with Crippen molar-refractivity contribution in [3.05, 3.63) is 38.8 Å². The van der Waals surface area contributed by atoms with Gasteiger partial charge in [-0.1, -0.05) is 0 Å². The van der Waals surface area contributed by atoms with E-state index < -0.39 is 0 Å². The van der Waals surface area contributed by atoms with E-state index >= 15 is 0 Å². The van der Waals surface area contributed by atoms with Crippen molar-refractivity contribution in [1.29, 1.82) is 0 Å². The van der Waals surface area contributed by atoms with Crippen LogP contribution in [0.5, 0.6) is 0 Å². The average Bonchev–Trinajstić information content (AvgIpc) is 3.03. The average molecular weight is 357 g/mol. The predicted molar refractivity (Wildman–Crippen MR) is 88.3 cm³/mol. The Balaban J connectivity index is 2.17. The lowest BCUT2D eigenvalue weighted by Gasteiger charge is -2.19. The molecule has 2 heterocycles. The van der Waals surface area contributed by atoms with E-state index in [1.54, 1.807) is 11.3 Å². The van der Waals surface area contributed by atoms with E-state index in [0.29, 0.717) is 0 Å². The number of nitrogens with one attached hydrogen (secondary N) is 1. The fraction of sp³-hybridized carbons (Fsp3) is 0.500. The Morgan fingerprint density at radius 3 is 2.90 bits per heavy atom. The van der Waals surface area contributed by atoms with Crippen LogP contribution in [0.25, 0.3) is 0 Å². The highest BCUT2D eigenvalue weighted by Crippen LogP contribution is 2.26. The van der Waals surface area contributed by atoms with Crippen molar-refractivity contribution >= 4 is 27.3 Å². The van der Waals surface area contributed by atoms with E-state index in [4.69, 9.17) is 0 Å². The summed E-state index contributed by atoms with van der Waals surface area (Å²) in [5, 5.41) is 12.2. The van der Waals surface area contributed by atoms with Crippen LogP contribution in [0.2, 0.25) is 0 Å². The lowest BCUT2D eigenvalue weighted by molar-refractivity contribution is 0.363. The summed E-state index contributed by atoms with van der Waals surface area (Å²) in [6, 6.07) is 2.45. The summed E-state index contributed by atoms with van der Waals surface area (Å²) in [4.78, 5) is 2.17. The van der Waals surface area contributed by atoms with Gasteiger partial charge in [0.15, 0.2) is 0 Å². The Kier molecular flexibility index (Phi) is 5.77. The first-order valence-electron chi connectivity index (χ1n) is 6.66. The van der Waals surface area contributed by atoms with Gasteiger partial charge in [-0.3, -0.25) is 4.68 Å². The lowest BCUT2D eigenvalue weighted by Crippen LogP contribution is -2.26. The molecule has 6 heteroatoms. The van der Waals surface area contributed by atoms with E-state index in [1.807, 2.05) is 13.2 Å². The molecule has 2 aromatic heterocycles. The van der Waals surface area contributed by atoms with Crippen molar-refractivity contribution in [3.8, 4) is 0 Å². The third-order valence-electron chi connectivity index (χ3n) is 3.29. The molecule has 2 rings (SSSR count). The van der Waals surface area contributed by atoms with Crippen molar-refractivity contribution in [2.24, 2.45) is 0 Å². The Bertz CT molecular complexity index is 521. The molecule has 110 valence electrons. The van der Waals surface area contributed by atoms with Gasteiger partial charge < -0.3 is 10.2 Å². The zero-order valence-electron chi connectivity index (χ0n) is 12.1. The first-order chi connectivity index (χ1) is 9.61. The van der Waals surface area contributed by atoms with Crippen LogP contribution in [0.1, 0.15) is 17.3 Å². The standard InChI is InChI=1S/C14H21BrN4S/c1-16-13(8-11-4-7-20-10-11)14-12(15)9-17-19(14)6-5-18(2)3/h4,7,9-10,13,16H,5-6,8H2,1-3H3. The van der Waals surface area contributed by atoms with Crippen LogP contribution in [0.4, 0.5) is 0 Å². The molecular formula is C14H21BrN4S. The van der Waals surface area contributed by atoms with Crippen LogP contribution >= 0.6 is 27.3 Å². The molecule has 0 saturated carbocycles. The maximum atomic E-state index is 4.49. The van der Waals surface area contributed by atoms with Crippen LogP contribution in [-0.2, 0) is 13.0 Å². The molecule has 0 saturated heterocycles. The number of thiophene rings is 1. The number of likely N-dealkylation sites (N-methyl/N-ethyl adjacent to an activating group) is 2. The molecule has 0 bridgehead atoms.